The minimum absolute atomic E-state index is 0.290. The lowest BCUT2D eigenvalue weighted by atomic mass is 10.3. The van der Waals surface area contributed by atoms with Gasteiger partial charge in [0, 0.05) is 18.9 Å². The van der Waals surface area contributed by atoms with Gasteiger partial charge in [0.15, 0.2) is 0 Å². The summed E-state index contributed by atoms with van der Waals surface area (Å²) in [6.45, 7) is 5.12. The highest BCUT2D eigenvalue weighted by atomic mass is 16.2. The number of hydrogen-bond donors (Lipinski definition) is 1. The first kappa shape index (κ1) is 8.63. The van der Waals surface area contributed by atoms with Crippen LogP contribution in [0.1, 0.15) is 26.7 Å². The van der Waals surface area contributed by atoms with Crippen molar-refractivity contribution in [3.63, 3.8) is 0 Å². The summed E-state index contributed by atoms with van der Waals surface area (Å²) in [6, 6.07) is 0. The van der Waals surface area contributed by atoms with Gasteiger partial charge in [-0.3, -0.25) is 4.99 Å². The first-order valence-electron chi connectivity index (χ1n) is 3.36. The summed E-state index contributed by atoms with van der Waals surface area (Å²) >= 11 is 0. The Bertz CT molecular complexity index is 84.9. The minimum atomic E-state index is 0.290. The van der Waals surface area contributed by atoms with Crippen LogP contribution in [-0.4, -0.2) is 24.0 Å². The second kappa shape index (κ2) is 5.76. The maximum Gasteiger partial charge on any atom is 0.0431 e. The van der Waals surface area contributed by atoms with Crippen LogP contribution < -0.4 is 0 Å². The van der Waals surface area contributed by atoms with Crippen LogP contribution in [0.4, 0.5) is 0 Å². The quantitative estimate of drug-likeness (QED) is 0.449. The molecular formula is C7H15NO. The number of aliphatic hydroxyl groups excluding tert-OH is 1. The highest BCUT2D eigenvalue weighted by Gasteiger charge is 1.82. The topological polar surface area (TPSA) is 32.6 Å². The van der Waals surface area contributed by atoms with E-state index >= 15 is 0 Å². The second-order valence-electron chi connectivity index (χ2n) is 2.26. The van der Waals surface area contributed by atoms with E-state index in [0.717, 1.165) is 25.1 Å². The lowest BCUT2D eigenvalue weighted by molar-refractivity contribution is 0.285. The molecule has 0 aliphatic heterocycles. The van der Waals surface area contributed by atoms with Crippen molar-refractivity contribution in [1.82, 2.24) is 0 Å². The largest absolute Gasteiger partial charge is 0.396 e. The molecule has 0 fully saturated rings. The van der Waals surface area contributed by atoms with E-state index in [1.54, 1.807) is 0 Å². The molecular weight excluding hydrogens is 114 g/mol. The fourth-order valence-corrected chi connectivity index (χ4v) is 0.526. The van der Waals surface area contributed by atoms with Crippen molar-refractivity contribution >= 4 is 5.71 Å². The Kier molecular flexibility index (Phi) is 5.52. The summed E-state index contributed by atoms with van der Waals surface area (Å²) in [5.41, 5.74) is 1.12. The number of unbranched alkanes of at least 4 members (excludes halogenated alkanes) is 1. The van der Waals surface area contributed by atoms with E-state index in [9.17, 15) is 0 Å². The van der Waals surface area contributed by atoms with Crippen molar-refractivity contribution in [2.45, 2.75) is 26.7 Å². The molecule has 0 heterocycles. The molecule has 0 spiro atoms. The predicted molar refractivity (Wildman–Crippen MR) is 40.0 cm³/mol. The maximum absolute atomic E-state index is 8.38. The number of rotatable bonds is 4. The van der Waals surface area contributed by atoms with Gasteiger partial charge in [-0.25, -0.2) is 0 Å². The Labute approximate surface area is 56.6 Å². The van der Waals surface area contributed by atoms with Gasteiger partial charge in [-0.05, 0) is 26.7 Å². The van der Waals surface area contributed by atoms with Crippen molar-refractivity contribution in [2.75, 3.05) is 13.2 Å². The van der Waals surface area contributed by atoms with Gasteiger partial charge in [0.25, 0.3) is 0 Å². The average molecular weight is 129 g/mol. The Balaban J connectivity index is 3.00. The van der Waals surface area contributed by atoms with E-state index < -0.39 is 0 Å². The van der Waals surface area contributed by atoms with E-state index in [-0.39, 0.29) is 6.61 Å². The Hall–Kier alpha value is -0.370. The van der Waals surface area contributed by atoms with Crippen LogP contribution in [0, 0.1) is 0 Å². The van der Waals surface area contributed by atoms with Crippen LogP contribution in [0.2, 0.25) is 0 Å². The van der Waals surface area contributed by atoms with E-state index in [1.165, 1.54) is 0 Å². The third-order valence-corrected chi connectivity index (χ3v) is 0.994. The molecule has 9 heavy (non-hydrogen) atoms. The zero-order valence-corrected chi connectivity index (χ0v) is 6.22. The molecule has 54 valence electrons. The van der Waals surface area contributed by atoms with Gasteiger partial charge in [0.1, 0.15) is 0 Å². The zero-order chi connectivity index (χ0) is 7.11. The molecule has 1 N–H and O–H groups in total. The van der Waals surface area contributed by atoms with Crippen LogP contribution in [0.15, 0.2) is 4.99 Å². The molecule has 2 heteroatoms. The number of nitrogens with zero attached hydrogens (tertiary/aromatic N) is 1. The van der Waals surface area contributed by atoms with E-state index in [1.807, 2.05) is 13.8 Å². The number of aliphatic hydroxyl groups is 1. The molecule has 0 rings (SSSR count). The Morgan fingerprint density at radius 3 is 2.44 bits per heavy atom. The van der Waals surface area contributed by atoms with Gasteiger partial charge >= 0.3 is 0 Å². The average Bonchev–Trinajstić information content (AvgIpc) is 1.80. The fraction of sp³-hybridized carbons (Fsp3) is 0.857. The summed E-state index contributed by atoms with van der Waals surface area (Å²) in [6.07, 6.45) is 1.87. The highest BCUT2D eigenvalue weighted by Crippen LogP contribution is 1.87. The molecule has 2 nitrogen and oxygen atoms in total. The Morgan fingerprint density at radius 1 is 1.33 bits per heavy atom. The molecule has 0 amide bonds. The standard InChI is InChI=1S/C7H15NO/c1-7(2)8-5-3-4-6-9/h9H,3-6H2,1-2H3. The summed E-state index contributed by atoms with van der Waals surface area (Å²) in [7, 11) is 0. The van der Waals surface area contributed by atoms with Gasteiger partial charge in [-0.2, -0.15) is 0 Å². The number of hydrogen-bond acceptors (Lipinski definition) is 2. The van der Waals surface area contributed by atoms with Crippen molar-refractivity contribution in [3.05, 3.63) is 0 Å². The first-order chi connectivity index (χ1) is 4.27. The summed E-state index contributed by atoms with van der Waals surface area (Å²) < 4.78 is 0. The lowest BCUT2D eigenvalue weighted by Crippen LogP contribution is -1.89. The molecule has 0 aliphatic rings. The van der Waals surface area contributed by atoms with Crippen LogP contribution in [0.3, 0.4) is 0 Å². The lowest BCUT2D eigenvalue weighted by Gasteiger charge is -1.92. The molecule has 0 radical (unpaired) electrons. The summed E-state index contributed by atoms with van der Waals surface area (Å²) in [5.74, 6) is 0. The van der Waals surface area contributed by atoms with Crippen LogP contribution in [0.5, 0.6) is 0 Å². The first-order valence-corrected chi connectivity index (χ1v) is 3.36. The molecule has 0 atom stereocenters. The van der Waals surface area contributed by atoms with E-state index in [2.05, 4.69) is 4.99 Å². The van der Waals surface area contributed by atoms with E-state index in [0.29, 0.717) is 0 Å². The predicted octanol–water partition coefficient (Wildman–Crippen LogP) is 1.24. The third kappa shape index (κ3) is 7.63. The van der Waals surface area contributed by atoms with Crippen molar-refractivity contribution in [2.24, 2.45) is 4.99 Å². The highest BCUT2D eigenvalue weighted by molar-refractivity contribution is 5.78. The van der Waals surface area contributed by atoms with Gasteiger partial charge < -0.3 is 5.11 Å². The Morgan fingerprint density at radius 2 is 2.00 bits per heavy atom. The molecule has 0 aromatic rings. The summed E-state index contributed by atoms with van der Waals surface area (Å²) in [4.78, 5) is 4.17. The molecule has 0 unspecified atom stereocenters. The maximum atomic E-state index is 8.38. The van der Waals surface area contributed by atoms with E-state index in [4.69, 9.17) is 5.11 Å². The molecule has 0 saturated heterocycles. The summed E-state index contributed by atoms with van der Waals surface area (Å²) in [5, 5.41) is 8.38. The fourth-order valence-electron chi connectivity index (χ4n) is 0.526. The van der Waals surface area contributed by atoms with Crippen LogP contribution >= 0.6 is 0 Å². The second-order valence-corrected chi connectivity index (χ2v) is 2.26. The minimum Gasteiger partial charge on any atom is -0.396 e. The molecule has 0 saturated carbocycles. The van der Waals surface area contributed by atoms with Gasteiger partial charge in [-0.1, -0.05) is 0 Å². The smallest absolute Gasteiger partial charge is 0.0431 e. The van der Waals surface area contributed by atoms with Gasteiger partial charge in [0.05, 0.1) is 0 Å². The normalized spacial score (nSPS) is 9.22. The van der Waals surface area contributed by atoms with Crippen LogP contribution in [0.25, 0.3) is 0 Å². The van der Waals surface area contributed by atoms with Crippen LogP contribution in [-0.2, 0) is 0 Å². The zero-order valence-electron chi connectivity index (χ0n) is 6.22. The molecule has 0 aromatic carbocycles. The monoisotopic (exact) mass is 129 g/mol. The van der Waals surface area contributed by atoms with Gasteiger partial charge in [-0.15, -0.1) is 0 Å². The molecule has 0 bridgehead atoms. The van der Waals surface area contributed by atoms with Crippen molar-refractivity contribution in [3.8, 4) is 0 Å². The third-order valence-electron chi connectivity index (χ3n) is 0.994. The van der Waals surface area contributed by atoms with Crippen molar-refractivity contribution < 1.29 is 5.11 Å². The molecule has 0 aliphatic carbocycles. The van der Waals surface area contributed by atoms with Gasteiger partial charge in [0.2, 0.25) is 0 Å². The SMILES string of the molecule is CC(C)=NCCCCO. The number of aliphatic imine (C=N–C) groups is 1. The molecule has 0 aromatic heterocycles. The van der Waals surface area contributed by atoms with Crippen molar-refractivity contribution in [1.29, 1.82) is 0 Å².